The second-order valence-corrected chi connectivity index (χ2v) is 8.33. The quantitative estimate of drug-likeness (QED) is 0.326. The Bertz CT molecular complexity index is 1300. The third-order valence-electron chi connectivity index (χ3n) is 5.88. The zero-order chi connectivity index (χ0) is 23.8. The Morgan fingerprint density at radius 1 is 1.03 bits per heavy atom. The van der Waals surface area contributed by atoms with Gasteiger partial charge in [-0.15, -0.1) is 0 Å². The fourth-order valence-corrected chi connectivity index (χ4v) is 4.30. The molecule has 1 N–H and O–H groups in total. The number of carbonyl (C=O) groups is 2. The molecule has 1 unspecified atom stereocenters. The molecule has 172 valence electrons. The van der Waals surface area contributed by atoms with Crippen LogP contribution in [0, 0.1) is 0 Å². The lowest BCUT2D eigenvalue weighted by atomic mass is 9.95. The number of hydrogen-bond donors (Lipinski definition) is 1. The Balaban J connectivity index is 1.60. The average Bonchev–Trinajstić information content (AvgIpc) is 3.42. The molecule has 2 aliphatic rings. The highest BCUT2D eigenvalue weighted by atomic mass is 35.5. The monoisotopic (exact) mass is 477 g/mol. The largest absolute Gasteiger partial charge is 0.507 e. The molecule has 0 spiro atoms. The van der Waals surface area contributed by atoms with Crippen LogP contribution in [0.15, 0.2) is 72.3 Å². The van der Waals surface area contributed by atoms with Gasteiger partial charge in [0.15, 0.2) is 11.5 Å². The maximum absolute atomic E-state index is 13.2. The number of ether oxygens (including phenoxy) is 3. The molecule has 1 saturated heterocycles. The molecule has 1 fully saturated rings. The predicted molar refractivity (Wildman–Crippen MR) is 125 cm³/mol. The second kappa shape index (κ2) is 8.76. The summed E-state index contributed by atoms with van der Waals surface area (Å²) in [5.41, 5.74) is 1.83. The van der Waals surface area contributed by atoms with Gasteiger partial charge in [-0.05, 0) is 59.7 Å². The lowest BCUT2D eigenvalue weighted by molar-refractivity contribution is -0.140. The molecule has 8 heteroatoms. The van der Waals surface area contributed by atoms with Crippen molar-refractivity contribution in [2.24, 2.45) is 0 Å². The van der Waals surface area contributed by atoms with Crippen LogP contribution < -0.4 is 14.2 Å². The zero-order valence-electron chi connectivity index (χ0n) is 18.2. The number of carbonyl (C=O) groups excluding carboxylic acids is 2. The Morgan fingerprint density at radius 2 is 1.74 bits per heavy atom. The molecule has 0 saturated carbocycles. The minimum atomic E-state index is -0.799. The van der Waals surface area contributed by atoms with Crippen molar-refractivity contribution in [3.05, 3.63) is 94.0 Å². The van der Waals surface area contributed by atoms with Gasteiger partial charge in [-0.25, -0.2) is 0 Å². The number of fused-ring (bicyclic) bond motifs is 1. The van der Waals surface area contributed by atoms with Crippen molar-refractivity contribution in [1.29, 1.82) is 0 Å². The fourth-order valence-electron chi connectivity index (χ4n) is 4.18. The first-order chi connectivity index (χ1) is 16.5. The van der Waals surface area contributed by atoms with Crippen LogP contribution in [0.2, 0.25) is 5.02 Å². The molecule has 5 rings (SSSR count). The maximum Gasteiger partial charge on any atom is 0.295 e. The molecular weight excluding hydrogens is 458 g/mol. The number of likely N-dealkylation sites (tertiary alicyclic amines) is 1. The first kappa shape index (κ1) is 21.9. The van der Waals surface area contributed by atoms with Crippen molar-refractivity contribution in [1.82, 2.24) is 4.90 Å². The van der Waals surface area contributed by atoms with Crippen molar-refractivity contribution < 1.29 is 28.9 Å². The molecule has 2 aliphatic heterocycles. The summed E-state index contributed by atoms with van der Waals surface area (Å²) in [5, 5.41) is 11.6. The van der Waals surface area contributed by atoms with Crippen molar-refractivity contribution in [2.75, 3.05) is 13.9 Å². The highest BCUT2D eigenvalue weighted by Gasteiger charge is 2.46. The van der Waals surface area contributed by atoms with E-state index in [1.165, 1.54) is 4.90 Å². The number of benzene rings is 3. The number of aliphatic hydroxyl groups excluding tert-OH is 1. The summed E-state index contributed by atoms with van der Waals surface area (Å²) in [4.78, 5) is 27.8. The van der Waals surface area contributed by atoms with E-state index < -0.39 is 17.7 Å². The van der Waals surface area contributed by atoms with Crippen LogP contribution in [0.3, 0.4) is 0 Å². The minimum Gasteiger partial charge on any atom is -0.507 e. The van der Waals surface area contributed by atoms with E-state index in [0.29, 0.717) is 33.4 Å². The number of ketones is 1. The Hall–Kier alpha value is -3.97. The molecule has 0 aromatic heterocycles. The summed E-state index contributed by atoms with van der Waals surface area (Å²) in [6, 6.07) is 18.1. The third-order valence-corrected chi connectivity index (χ3v) is 6.13. The Morgan fingerprint density at radius 3 is 2.44 bits per heavy atom. The normalized spacial score (nSPS) is 18.4. The van der Waals surface area contributed by atoms with Crippen molar-refractivity contribution in [2.45, 2.75) is 12.6 Å². The molecule has 34 heavy (non-hydrogen) atoms. The van der Waals surface area contributed by atoms with Crippen molar-refractivity contribution >= 4 is 29.1 Å². The molecule has 3 aromatic rings. The van der Waals surface area contributed by atoms with Gasteiger partial charge in [0.1, 0.15) is 11.5 Å². The van der Waals surface area contributed by atoms with E-state index in [9.17, 15) is 14.7 Å². The standard InChI is InChI=1S/C26H20ClNO6/c1-32-19-9-5-16(6-10-19)23-22(24(29)17-3-7-18(27)8-4-17)25(30)26(31)28(23)13-15-2-11-20-21(12-15)34-14-33-20/h2-12,23,29H,13-14H2,1H3/b24-22+. The van der Waals surface area contributed by atoms with E-state index in [-0.39, 0.29) is 24.7 Å². The van der Waals surface area contributed by atoms with E-state index >= 15 is 0 Å². The third kappa shape index (κ3) is 3.84. The number of halogens is 1. The van der Waals surface area contributed by atoms with E-state index in [2.05, 4.69) is 0 Å². The number of nitrogens with zero attached hydrogens (tertiary/aromatic N) is 1. The molecular formula is C26H20ClNO6. The number of hydrogen-bond acceptors (Lipinski definition) is 6. The zero-order valence-corrected chi connectivity index (χ0v) is 18.9. The van der Waals surface area contributed by atoms with Crippen molar-refractivity contribution in [3.63, 3.8) is 0 Å². The molecule has 1 amide bonds. The van der Waals surface area contributed by atoms with Crippen LogP contribution in [0.1, 0.15) is 22.7 Å². The maximum atomic E-state index is 13.2. The minimum absolute atomic E-state index is 0.0123. The average molecular weight is 478 g/mol. The van der Waals surface area contributed by atoms with E-state index in [4.69, 9.17) is 25.8 Å². The van der Waals surface area contributed by atoms with Gasteiger partial charge in [0, 0.05) is 17.1 Å². The van der Waals surface area contributed by atoms with Crippen LogP contribution in [0.25, 0.3) is 5.76 Å². The molecule has 7 nitrogen and oxygen atoms in total. The van der Waals surface area contributed by atoms with E-state index in [1.807, 2.05) is 6.07 Å². The van der Waals surface area contributed by atoms with Crippen LogP contribution in [0.4, 0.5) is 0 Å². The van der Waals surface area contributed by atoms with E-state index in [0.717, 1.165) is 5.56 Å². The van der Waals surface area contributed by atoms with Gasteiger partial charge in [-0.3, -0.25) is 9.59 Å². The van der Waals surface area contributed by atoms with Gasteiger partial charge in [0.2, 0.25) is 6.79 Å². The van der Waals surface area contributed by atoms with Gasteiger partial charge in [0.05, 0.1) is 18.7 Å². The summed E-state index contributed by atoms with van der Waals surface area (Å²) in [6.45, 7) is 0.269. The van der Waals surface area contributed by atoms with Crippen LogP contribution in [0.5, 0.6) is 17.2 Å². The first-order valence-electron chi connectivity index (χ1n) is 10.5. The number of amides is 1. The van der Waals surface area contributed by atoms with Crippen LogP contribution in [-0.2, 0) is 16.1 Å². The van der Waals surface area contributed by atoms with Gasteiger partial charge in [-0.1, -0.05) is 29.8 Å². The molecule has 3 aromatic carbocycles. The van der Waals surface area contributed by atoms with Crippen molar-refractivity contribution in [3.8, 4) is 17.2 Å². The lowest BCUT2D eigenvalue weighted by Gasteiger charge is -2.25. The SMILES string of the molecule is COc1ccc(C2/C(=C(\O)c3ccc(Cl)cc3)C(=O)C(=O)N2Cc2ccc3c(c2)OCO3)cc1. The molecule has 2 heterocycles. The summed E-state index contributed by atoms with van der Waals surface area (Å²) < 4.78 is 16.1. The van der Waals surface area contributed by atoms with Crippen LogP contribution >= 0.6 is 11.6 Å². The predicted octanol–water partition coefficient (Wildman–Crippen LogP) is 4.70. The topological polar surface area (TPSA) is 85.3 Å². The molecule has 1 atom stereocenters. The first-order valence-corrected chi connectivity index (χ1v) is 10.9. The summed E-state index contributed by atoms with van der Waals surface area (Å²) in [6.07, 6.45) is 0. The van der Waals surface area contributed by atoms with Crippen LogP contribution in [-0.4, -0.2) is 35.6 Å². The number of Topliss-reactive ketones (excluding diaryl/α,β-unsaturated/α-hetero) is 1. The smallest absolute Gasteiger partial charge is 0.295 e. The Kier molecular flexibility index (Phi) is 5.63. The Labute approximate surface area is 200 Å². The van der Waals surface area contributed by atoms with Gasteiger partial charge >= 0.3 is 0 Å². The highest BCUT2D eigenvalue weighted by Crippen LogP contribution is 2.41. The molecule has 0 radical (unpaired) electrons. The number of aliphatic hydroxyl groups is 1. The molecule has 0 aliphatic carbocycles. The molecule has 0 bridgehead atoms. The summed E-state index contributed by atoms with van der Waals surface area (Å²) >= 11 is 5.98. The van der Waals surface area contributed by atoms with Gasteiger partial charge in [-0.2, -0.15) is 0 Å². The fraction of sp³-hybridized carbons (Fsp3) is 0.154. The van der Waals surface area contributed by atoms with Gasteiger partial charge in [0.25, 0.3) is 11.7 Å². The van der Waals surface area contributed by atoms with E-state index in [1.54, 1.807) is 67.8 Å². The second-order valence-electron chi connectivity index (χ2n) is 7.89. The number of methoxy groups -OCH3 is 1. The summed E-state index contributed by atoms with van der Waals surface area (Å²) in [5.74, 6) is 0.123. The lowest BCUT2D eigenvalue weighted by Crippen LogP contribution is -2.29. The highest BCUT2D eigenvalue weighted by molar-refractivity contribution is 6.46. The van der Waals surface area contributed by atoms with Gasteiger partial charge < -0.3 is 24.2 Å². The summed E-state index contributed by atoms with van der Waals surface area (Å²) in [7, 11) is 1.56. The number of rotatable bonds is 5.